The number of hydrogen-bond donors (Lipinski definition) is 3. The molecule has 4 aliphatic rings. The molecule has 1 aromatic carbocycles. The van der Waals surface area contributed by atoms with Crippen molar-refractivity contribution >= 4 is 27.5 Å². The molecule has 0 radical (unpaired) electrons. The molecule has 1 aromatic heterocycles. The Bertz CT molecular complexity index is 1460. The van der Waals surface area contributed by atoms with Gasteiger partial charge in [-0.05, 0) is 121 Å². The van der Waals surface area contributed by atoms with E-state index in [2.05, 4.69) is 32.4 Å². The molecule has 9 heteroatoms. The Balaban J connectivity index is 1.06. The SMILES string of the molecule is CC[C@H]1[C@@H](O)[C@@H]2[C@H](CC[C@]3(C)[C@@H]([C@H](C)CCOC(=O)NS(=O)(=O)c4ccc(-c5ccccc5)s4)CC[C@@H]23)[C@@]2(C)CC[C@@H](O)C[C@@H]12. The molecule has 11 atom stereocenters. The highest BCUT2D eigenvalue weighted by atomic mass is 32.2. The Morgan fingerprint density at radius 3 is 2.44 bits per heavy atom. The number of aliphatic hydroxyl groups excluding tert-OH is 2. The number of benzene rings is 1. The first kappa shape index (κ1) is 33.0. The van der Waals surface area contributed by atoms with Crippen LogP contribution in [0.4, 0.5) is 4.79 Å². The lowest BCUT2D eigenvalue weighted by Gasteiger charge is -2.64. The van der Waals surface area contributed by atoms with Gasteiger partial charge in [0.25, 0.3) is 10.0 Å². The van der Waals surface area contributed by atoms with Crippen molar-refractivity contribution in [2.75, 3.05) is 6.61 Å². The maximum atomic E-state index is 12.9. The fourth-order valence-corrected chi connectivity index (χ4v) is 13.1. The second-order valence-corrected chi connectivity index (χ2v) is 18.1. The number of thiophene rings is 1. The minimum absolute atomic E-state index is 0.0759. The molecule has 2 aromatic rings. The van der Waals surface area contributed by atoms with E-state index in [0.717, 1.165) is 73.1 Å². The minimum atomic E-state index is -4.02. The molecule has 4 fully saturated rings. The average molecular weight is 658 g/mol. The zero-order valence-corrected chi connectivity index (χ0v) is 28.8. The number of fused-ring (bicyclic) bond motifs is 5. The van der Waals surface area contributed by atoms with Crippen LogP contribution >= 0.6 is 11.3 Å². The Kier molecular flexibility index (Phi) is 9.22. The quantitative estimate of drug-likeness (QED) is 0.271. The molecule has 0 saturated heterocycles. The summed E-state index contributed by atoms with van der Waals surface area (Å²) in [7, 11) is -4.02. The van der Waals surface area contributed by atoms with E-state index >= 15 is 0 Å². The molecule has 1 amide bonds. The van der Waals surface area contributed by atoms with Crippen molar-refractivity contribution in [3.8, 4) is 10.4 Å². The van der Waals surface area contributed by atoms with Gasteiger partial charge in [0.1, 0.15) is 4.21 Å². The van der Waals surface area contributed by atoms with Gasteiger partial charge in [-0.1, -0.05) is 64.4 Å². The number of ether oxygens (including phenoxy) is 1. The standard InChI is InChI=1S/C36H51NO6S2/c1-5-25-29-21-24(38)15-18-36(29,4)28-16-19-35(3)26(11-12-27(35)32(28)33(25)39)22(2)17-20-43-34(40)37-45(41,42)31-14-13-30(44-31)23-9-7-6-8-10-23/h6-10,13-14,22,24-29,32-33,38-39H,5,11-12,15-21H2,1-4H3,(H,37,40)/t22-,24-,25-,26-,27+,28+,29+,32+,33-,35-,36-/m1/s1. The molecule has 248 valence electrons. The first-order valence-corrected chi connectivity index (χ1v) is 19.4. The van der Waals surface area contributed by atoms with E-state index in [1.165, 1.54) is 6.07 Å². The van der Waals surface area contributed by atoms with Crippen LogP contribution in [0.3, 0.4) is 0 Å². The summed E-state index contributed by atoms with van der Waals surface area (Å²) in [5.74, 6) is 2.68. The minimum Gasteiger partial charge on any atom is -0.449 e. The van der Waals surface area contributed by atoms with Crippen molar-refractivity contribution in [2.45, 2.75) is 102 Å². The second kappa shape index (κ2) is 12.6. The van der Waals surface area contributed by atoms with Gasteiger partial charge in [0, 0.05) is 4.88 Å². The predicted molar refractivity (Wildman–Crippen MR) is 177 cm³/mol. The molecular weight excluding hydrogens is 607 g/mol. The molecule has 4 saturated carbocycles. The number of nitrogens with one attached hydrogen (secondary N) is 1. The van der Waals surface area contributed by atoms with Crippen LogP contribution < -0.4 is 4.72 Å². The third-order valence-electron chi connectivity index (χ3n) is 13.1. The van der Waals surface area contributed by atoms with Crippen molar-refractivity contribution < 1.29 is 28.2 Å². The number of amides is 1. The van der Waals surface area contributed by atoms with Crippen LogP contribution in [0.25, 0.3) is 10.4 Å². The number of carbonyl (C=O) groups is 1. The molecule has 0 aliphatic heterocycles. The lowest BCUT2D eigenvalue weighted by atomic mass is 9.41. The van der Waals surface area contributed by atoms with Crippen molar-refractivity contribution in [3.05, 3.63) is 42.5 Å². The van der Waals surface area contributed by atoms with Crippen molar-refractivity contribution in [3.63, 3.8) is 0 Å². The van der Waals surface area contributed by atoms with Crippen LogP contribution in [0.15, 0.2) is 46.7 Å². The Morgan fingerprint density at radius 2 is 1.71 bits per heavy atom. The maximum Gasteiger partial charge on any atom is 0.421 e. The summed E-state index contributed by atoms with van der Waals surface area (Å²) in [6.07, 6.45) is 7.39. The Morgan fingerprint density at radius 1 is 1.00 bits per heavy atom. The summed E-state index contributed by atoms with van der Waals surface area (Å²) in [4.78, 5) is 13.4. The summed E-state index contributed by atoms with van der Waals surface area (Å²) in [5, 5.41) is 22.5. The summed E-state index contributed by atoms with van der Waals surface area (Å²) < 4.78 is 33.3. The van der Waals surface area contributed by atoms with Gasteiger partial charge in [0.05, 0.1) is 18.8 Å². The van der Waals surface area contributed by atoms with E-state index in [4.69, 9.17) is 4.74 Å². The van der Waals surface area contributed by atoms with E-state index in [0.29, 0.717) is 41.9 Å². The van der Waals surface area contributed by atoms with E-state index in [9.17, 15) is 23.4 Å². The largest absolute Gasteiger partial charge is 0.449 e. The number of rotatable bonds is 8. The highest BCUT2D eigenvalue weighted by Crippen LogP contribution is 2.69. The maximum absolute atomic E-state index is 12.9. The lowest BCUT2D eigenvalue weighted by molar-refractivity contribution is -0.203. The van der Waals surface area contributed by atoms with Gasteiger partial charge >= 0.3 is 6.09 Å². The van der Waals surface area contributed by atoms with Gasteiger partial charge in [-0.25, -0.2) is 17.9 Å². The summed E-state index contributed by atoms with van der Waals surface area (Å²) in [6.45, 7) is 9.52. The first-order valence-electron chi connectivity index (χ1n) is 17.1. The van der Waals surface area contributed by atoms with Crippen LogP contribution in [0.5, 0.6) is 0 Å². The molecule has 45 heavy (non-hydrogen) atoms. The number of aliphatic hydroxyl groups is 2. The lowest BCUT2D eigenvalue weighted by Crippen LogP contribution is -2.62. The third-order valence-corrected chi connectivity index (χ3v) is 16.0. The van der Waals surface area contributed by atoms with Gasteiger partial charge in [-0.2, -0.15) is 0 Å². The van der Waals surface area contributed by atoms with Crippen molar-refractivity contribution in [1.29, 1.82) is 0 Å². The van der Waals surface area contributed by atoms with Gasteiger partial charge in [-0.3, -0.25) is 0 Å². The first-order chi connectivity index (χ1) is 21.4. The van der Waals surface area contributed by atoms with Gasteiger partial charge in [0.15, 0.2) is 0 Å². The van der Waals surface area contributed by atoms with E-state index < -0.39 is 16.1 Å². The fourth-order valence-electron chi connectivity index (χ4n) is 10.9. The van der Waals surface area contributed by atoms with E-state index in [-0.39, 0.29) is 39.8 Å². The van der Waals surface area contributed by atoms with E-state index in [1.807, 2.05) is 30.3 Å². The molecule has 0 spiro atoms. The van der Waals surface area contributed by atoms with Crippen molar-refractivity contribution in [2.24, 2.45) is 52.3 Å². The molecule has 3 N–H and O–H groups in total. The monoisotopic (exact) mass is 657 g/mol. The Labute approximate surface area is 273 Å². The highest BCUT2D eigenvalue weighted by molar-refractivity contribution is 7.92. The fraction of sp³-hybridized carbons (Fsp3) is 0.694. The molecule has 0 unspecified atom stereocenters. The predicted octanol–water partition coefficient (Wildman–Crippen LogP) is 7.48. The molecule has 7 nitrogen and oxygen atoms in total. The van der Waals surface area contributed by atoms with Gasteiger partial charge in [-0.15, -0.1) is 11.3 Å². The van der Waals surface area contributed by atoms with Crippen LogP contribution in [0.1, 0.15) is 85.5 Å². The molecule has 4 aliphatic carbocycles. The normalized spacial score (nSPS) is 38.4. The number of sulfonamides is 1. The number of carbonyl (C=O) groups excluding carboxylic acids is 1. The summed E-state index contributed by atoms with van der Waals surface area (Å²) in [5.41, 5.74) is 1.23. The average Bonchev–Trinajstić information content (AvgIpc) is 3.64. The van der Waals surface area contributed by atoms with Crippen LogP contribution in [-0.2, 0) is 14.8 Å². The van der Waals surface area contributed by atoms with Crippen LogP contribution in [0.2, 0.25) is 0 Å². The smallest absolute Gasteiger partial charge is 0.421 e. The Hall–Kier alpha value is -1.94. The molecular formula is C36H51NO6S2. The van der Waals surface area contributed by atoms with Crippen molar-refractivity contribution in [1.82, 2.24) is 4.72 Å². The molecule has 6 rings (SSSR count). The van der Waals surface area contributed by atoms with Crippen LogP contribution in [0, 0.1) is 52.3 Å². The second-order valence-electron chi connectivity index (χ2n) is 15.1. The number of hydrogen-bond acceptors (Lipinski definition) is 7. The van der Waals surface area contributed by atoms with Gasteiger partial charge in [0.2, 0.25) is 0 Å². The topological polar surface area (TPSA) is 113 Å². The molecule has 0 bridgehead atoms. The molecule has 1 heterocycles. The highest BCUT2D eigenvalue weighted by Gasteiger charge is 2.64. The summed E-state index contributed by atoms with van der Waals surface area (Å²) in [6, 6.07) is 12.8. The van der Waals surface area contributed by atoms with Crippen LogP contribution in [-0.4, -0.2) is 43.5 Å². The zero-order valence-electron chi connectivity index (χ0n) is 27.2. The third kappa shape index (κ3) is 5.89. The summed E-state index contributed by atoms with van der Waals surface area (Å²) >= 11 is 1.12. The van der Waals surface area contributed by atoms with Gasteiger partial charge < -0.3 is 14.9 Å². The van der Waals surface area contributed by atoms with E-state index in [1.54, 1.807) is 6.07 Å². The zero-order chi connectivity index (χ0) is 32.1.